The summed E-state index contributed by atoms with van der Waals surface area (Å²) >= 11 is 5.58. The molecule has 4 nitrogen and oxygen atoms in total. The van der Waals surface area contributed by atoms with Gasteiger partial charge in [0.2, 0.25) is 0 Å². The molecule has 0 radical (unpaired) electrons. The molecule has 0 aliphatic rings. The van der Waals surface area contributed by atoms with Gasteiger partial charge in [0.25, 0.3) is 5.91 Å². The van der Waals surface area contributed by atoms with E-state index in [-0.39, 0.29) is 10.7 Å². The Labute approximate surface area is 121 Å². The quantitative estimate of drug-likeness (QED) is 0.904. The minimum Gasteiger partial charge on any atom is -0.320 e. The van der Waals surface area contributed by atoms with Crippen molar-refractivity contribution in [3.63, 3.8) is 0 Å². The standard InChI is InChI=1S/C14H15ClFN3O/c1-8(2)5-10-7-13(19-18-10)14(20)17-9-3-4-11(15)12(16)6-9/h3-4,6-8H,5H2,1-2H3,(H,17,20)(H,18,19). The molecule has 0 fully saturated rings. The zero-order valence-corrected chi connectivity index (χ0v) is 12.0. The average Bonchev–Trinajstić information content (AvgIpc) is 2.81. The largest absolute Gasteiger partial charge is 0.320 e. The molecule has 1 aromatic heterocycles. The highest BCUT2D eigenvalue weighted by molar-refractivity contribution is 6.30. The number of carbonyl (C=O) groups is 1. The summed E-state index contributed by atoms with van der Waals surface area (Å²) in [5, 5.41) is 9.36. The highest BCUT2D eigenvalue weighted by Crippen LogP contribution is 2.19. The van der Waals surface area contributed by atoms with Crippen molar-refractivity contribution in [2.45, 2.75) is 20.3 Å². The fraction of sp³-hybridized carbons (Fsp3) is 0.286. The van der Waals surface area contributed by atoms with Crippen LogP contribution in [0.3, 0.4) is 0 Å². The van der Waals surface area contributed by atoms with E-state index in [0.29, 0.717) is 11.6 Å². The summed E-state index contributed by atoms with van der Waals surface area (Å²) in [6, 6.07) is 5.79. The summed E-state index contributed by atoms with van der Waals surface area (Å²) in [4.78, 5) is 12.0. The number of nitrogens with one attached hydrogen (secondary N) is 2. The zero-order chi connectivity index (χ0) is 14.7. The van der Waals surface area contributed by atoms with E-state index in [1.807, 2.05) is 0 Å². The van der Waals surface area contributed by atoms with Crippen molar-refractivity contribution in [2.24, 2.45) is 5.92 Å². The van der Waals surface area contributed by atoms with Gasteiger partial charge in [-0.3, -0.25) is 9.89 Å². The first kappa shape index (κ1) is 14.5. The first-order valence-corrected chi connectivity index (χ1v) is 6.64. The number of H-pyrrole nitrogens is 1. The molecule has 2 aromatic rings. The first-order chi connectivity index (χ1) is 9.45. The van der Waals surface area contributed by atoms with E-state index in [4.69, 9.17) is 11.6 Å². The van der Waals surface area contributed by atoms with Crippen LogP contribution in [0, 0.1) is 11.7 Å². The predicted molar refractivity (Wildman–Crippen MR) is 76.5 cm³/mol. The van der Waals surface area contributed by atoms with Crippen LogP contribution in [0.15, 0.2) is 24.3 Å². The lowest BCUT2D eigenvalue weighted by atomic mass is 10.1. The van der Waals surface area contributed by atoms with Gasteiger partial charge in [0, 0.05) is 11.4 Å². The molecule has 0 bridgehead atoms. The monoisotopic (exact) mass is 295 g/mol. The van der Waals surface area contributed by atoms with E-state index in [9.17, 15) is 9.18 Å². The number of nitrogens with zero attached hydrogens (tertiary/aromatic N) is 1. The number of rotatable bonds is 4. The highest BCUT2D eigenvalue weighted by Gasteiger charge is 2.12. The lowest BCUT2D eigenvalue weighted by molar-refractivity contribution is 0.102. The van der Waals surface area contributed by atoms with Crippen molar-refractivity contribution in [1.29, 1.82) is 0 Å². The maximum atomic E-state index is 13.3. The van der Waals surface area contributed by atoms with Gasteiger partial charge < -0.3 is 5.32 Å². The van der Waals surface area contributed by atoms with Crippen molar-refractivity contribution in [1.82, 2.24) is 10.2 Å². The third-order valence-electron chi connectivity index (χ3n) is 2.67. The van der Waals surface area contributed by atoms with Gasteiger partial charge in [-0.15, -0.1) is 0 Å². The van der Waals surface area contributed by atoms with Crippen LogP contribution in [-0.4, -0.2) is 16.1 Å². The van der Waals surface area contributed by atoms with E-state index in [1.54, 1.807) is 6.07 Å². The molecular formula is C14H15ClFN3O. The summed E-state index contributed by atoms with van der Waals surface area (Å²) in [5.74, 6) is -0.498. The molecule has 0 saturated carbocycles. The summed E-state index contributed by atoms with van der Waals surface area (Å²) in [5.41, 5.74) is 1.51. The Balaban J connectivity index is 2.07. The number of anilines is 1. The molecule has 0 spiro atoms. The fourth-order valence-electron chi connectivity index (χ4n) is 1.79. The number of amides is 1. The molecule has 1 heterocycles. The Morgan fingerprint density at radius 3 is 2.85 bits per heavy atom. The van der Waals surface area contributed by atoms with E-state index < -0.39 is 11.7 Å². The molecule has 2 rings (SSSR count). The van der Waals surface area contributed by atoms with Crippen molar-refractivity contribution < 1.29 is 9.18 Å². The van der Waals surface area contributed by atoms with Crippen molar-refractivity contribution in [2.75, 3.05) is 5.32 Å². The fourth-order valence-corrected chi connectivity index (χ4v) is 1.91. The number of carbonyl (C=O) groups excluding carboxylic acids is 1. The van der Waals surface area contributed by atoms with Gasteiger partial charge in [0.15, 0.2) is 5.69 Å². The second kappa shape index (κ2) is 6.05. The Hall–Kier alpha value is -1.88. The van der Waals surface area contributed by atoms with Gasteiger partial charge in [0.1, 0.15) is 5.82 Å². The molecular weight excluding hydrogens is 281 g/mol. The SMILES string of the molecule is CC(C)Cc1cc(C(=O)Nc2ccc(Cl)c(F)c2)n[nH]1. The maximum absolute atomic E-state index is 13.3. The first-order valence-electron chi connectivity index (χ1n) is 6.26. The topological polar surface area (TPSA) is 57.8 Å². The third-order valence-corrected chi connectivity index (χ3v) is 2.98. The van der Waals surface area contributed by atoms with Crippen LogP contribution < -0.4 is 5.32 Å². The van der Waals surface area contributed by atoms with Crippen LogP contribution in [0.1, 0.15) is 30.0 Å². The van der Waals surface area contributed by atoms with Crippen LogP contribution in [-0.2, 0) is 6.42 Å². The molecule has 0 unspecified atom stereocenters. The molecule has 0 aliphatic carbocycles. The van der Waals surface area contributed by atoms with Crippen LogP contribution in [0.5, 0.6) is 0 Å². The number of halogens is 2. The second-order valence-electron chi connectivity index (χ2n) is 4.96. The summed E-state index contributed by atoms with van der Waals surface area (Å²) in [6.07, 6.45) is 0.815. The normalized spacial score (nSPS) is 10.8. The van der Waals surface area contributed by atoms with Crippen LogP contribution in [0.4, 0.5) is 10.1 Å². The molecule has 20 heavy (non-hydrogen) atoms. The number of aromatic amines is 1. The van der Waals surface area contributed by atoms with E-state index in [0.717, 1.165) is 12.1 Å². The molecule has 2 N–H and O–H groups in total. The van der Waals surface area contributed by atoms with E-state index in [1.165, 1.54) is 18.2 Å². The summed E-state index contributed by atoms with van der Waals surface area (Å²) in [7, 11) is 0. The Bertz CT molecular complexity index is 625. The Morgan fingerprint density at radius 2 is 2.20 bits per heavy atom. The minimum absolute atomic E-state index is 0.0157. The molecule has 0 atom stereocenters. The second-order valence-corrected chi connectivity index (χ2v) is 5.37. The Kier molecular flexibility index (Phi) is 4.39. The van der Waals surface area contributed by atoms with Gasteiger partial charge >= 0.3 is 0 Å². The maximum Gasteiger partial charge on any atom is 0.276 e. The molecule has 1 aromatic carbocycles. The Morgan fingerprint density at radius 1 is 1.45 bits per heavy atom. The smallest absolute Gasteiger partial charge is 0.276 e. The molecule has 106 valence electrons. The molecule has 0 aliphatic heterocycles. The van der Waals surface area contributed by atoms with E-state index >= 15 is 0 Å². The zero-order valence-electron chi connectivity index (χ0n) is 11.2. The summed E-state index contributed by atoms with van der Waals surface area (Å²) in [6.45, 7) is 4.16. The summed E-state index contributed by atoms with van der Waals surface area (Å²) < 4.78 is 13.3. The van der Waals surface area contributed by atoms with E-state index in [2.05, 4.69) is 29.4 Å². The average molecular weight is 296 g/mol. The number of hydrogen-bond donors (Lipinski definition) is 2. The van der Waals surface area contributed by atoms with Crippen LogP contribution in [0.25, 0.3) is 0 Å². The van der Waals surface area contributed by atoms with Gasteiger partial charge in [-0.25, -0.2) is 4.39 Å². The van der Waals surface area contributed by atoms with Crippen LogP contribution >= 0.6 is 11.6 Å². The van der Waals surface area contributed by atoms with Crippen molar-refractivity contribution >= 4 is 23.2 Å². The predicted octanol–water partition coefficient (Wildman–Crippen LogP) is 3.65. The van der Waals surface area contributed by atoms with Gasteiger partial charge in [-0.05, 0) is 36.6 Å². The van der Waals surface area contributed by atoms with Crippen LogP contribution in [0.2, 0.25) is 5.02 Å². The van der Waals surface area contributed by atoms with Gasteiger partial charge in [-0.1, -0.05) is 25.4 Å². The van der Waals surface area contributed by atoms with Crippen molar-refractivity contribution in [3.8, 4) is 0 Å². The minimum atomic E-state index is -0.577. The van der Waals surface area contributed by atoms with Crippen molar-refractivity contribution in [3.05, 3.63) is 46.5 Å². The highest BCUT2D eigenvalue weighted by atomic mass is 35.5. The van der Waals surface area contributed by atoms with Gasteiger partial charge in [0.05, 0.1) is 5.02 Å². The molecule has 0 saturated heterocycles. The molecule has 6 heteroatoms. The van der Waals surface area contributed by atoms with Gasteiger partial charge in [-0.2, -0.15) is 5.10 Å². The number of hydrogen-bond acceptors (Lipinski definition) is 2. The molecule has 1 amide bonds. The number of benzene rings is 1. The number of aromatic nitrogens is 2. The lowest BCUT2D eigenvalue weighted by Crippen LogP contribution is -2.12. The lowest BCUT2D eigenvalue weighted by Gasteiger charge is -2.03. The third kappa shape index (κ3) is 3.57.